The molecular formula is C17H18N4OS. The first-order chi connectivity index (χ1) is 10.9. The summed E-state index contributed by atoms with van der Waals surface area (Å²) in [4.78, 5) is 16.4. The summed E-state index contributed by atoms with van der Waals surface area (Å²) >= 11 is 1.38. The molecule has 118 valence electrons. The number of carbonyl (C=O) groups excluding carboxylic acids is 1. The highest BCUT2D eigenvalue weighted by Gasteiger charge is 2.35. The summed E-state index contributed by atoms with van der Waals surface area (Å²) in [6, 6.07) is 7.80. The summed E-state index contributed by atoms with van der Waals surface area (Å²) in [6.45, 7) is 6.23. The lowest BCUT2D eigenvalue weighted by molar-refractivity contribution is -0.114. The highest BCUT2D eigenvalue weighted by Crippen LogP contribution is 2.30. The molecule has 3 rings (SSSR count). The van der Waals surface area contributed by atoms with Gasteiger partial charge in [0.05, 0.1) is 5.57 Å². The number of aryl methyl sites for hydroxylation is 1. The molecule has 5 nitrogen and oxygen atoms in total. The van der Waals surface area contributed by atoms with Crippen molar-refractivity contribution >= 4 is 39.8 Å². The maximum atomic E-state index is 12.3. The zero-order valence-corrected chi connectivity index (χ0v) is 14.1. The van der Waals surface area contributed by atoms with Crippen molar-refractivity contribution in [3.8, 4) is 0 Å². The van der Waals surface area contributed by atoms with Crippen molar-refractivity contribution in [1.82, 2.24) is 5.01 Å². The van der Waals surface area contributed by atoms with Crippen molar-refractivity contribution < 1.29 is 4.79 Å². The standard InChI is InChI=1S/C17H18N4OS/c1-10(2)8-14-20-21-15(18)13(16(22)19-17(21)23-14)9-12-6-4-11(3)5-7-12/h4-7,9-10,18H,8H2,1-3H3. The highest BCUT2D eigenvalue weighted by molar-refractivity contribution is 8.26. The van der Waals surface area contributed by atoms with Crippen LogP contribution in [0.3, 0.4) is 0 Å². The average Bonchev–Trinajstić information content (AvgIpc) is 2.87. The van der Waals surface area contributed by atoms with E-state index in [9.17, 15) is 4.79 Å². The van der Waals surface area contributed by atoms with E-state index in [-0.39, 0.29) is 17.3 Å². The monoisotopic (exact) mass is 326 g/mol. The number of hydrogen-bond donors (Lipinski definition) is 1. The van der Waals surface area contributed by atoms with Crippen LogP contribution in [0.25, 0.3) is 6.08 Å². The Bertz CT molecular complexity index is 759. The number of nitrogens with zero attached hydrogens (tertiary/aromatic N) is 3. The van der Waals surface area contributed by atoms with Gasteiger partial charge in [-0.2, -0.15) is 15.1 Å². The Hall–Kier alpha value is -2.21. The maximum absolute atomic E-state index is 12.3. The molecule has 0 spiro atoms. The molecule has 0 radical (unpaired) electrons. The molecule has 1 aromatic carbocycles. The summed E-state index contributed by atoms with van der Waals surface area (Å²) < 4.78 is 0. The highest BCUT2D eigenvalue weighted by atomic mass is 32.2. The number of amides is 1. The smallest absolute Gasteiger partial charge is 0.282 e. The van der Waals surface area contributed by atoms with Crippen molar-refractivity contribution in [3.05, 3.63) is 41.0 Å². The van der Waals surface area contributed by atoms with Crippen LogP contribution in [0.1, 0.15) is 31.4 Å². The normalized spacial score (nSPS) is 19.3. The van der Waals surface area contributed by atoms with Crippen molar-refractivity contribution in [2.24, 2.45) is 16.0 Å². The van der Waals surface area contributed by atoms with Crippen LogP contribution in [0.2, 0.25) is 0 Å². The van der Waals surface area contributed by atoms with Crippen LogP contribution in [0, 0.1) is 18.3 Å². The fraction of sp³-hybridized carbons (Fsp3) is 0.294. The van der Waals surface area contributed by atoms with Gasteiger partial charge in [0.25, 0.3) is 5.91 Å². The second-order valence-corrected chi connectivity index (χ2v) is 7.06. The van der Waals surface area contributed by atoms with E-state index in [1.165, 1.54) is 16.8 Å². The molecule has 0 unspecified atom stereocenters. The van der Waals surface area contributed by atoms with Gasteiger partial charge in [0, 0.05) is 6.42 Å². The van der Waals surface area contributed by atoms with Crippen LogP contribution in [0.4, 0.5) is 0 Å². The number of carbonyl (C=O) groups is 1. The largest absolute Gasteiger partial charge is 0.283 e. The number of rotatable bonds is 3. The van der Waals surface area contributed by atoms with E-state index in [1.807, 2.05) is 31.2 Å². The summed E-state index contributed by atoms with van der Waals surface area (Å²) in [6.07, 6.45) is 2.52. The molecule has 23 heavy (non-hydrogen) atoms. The molecule has 0 aliphatic carbocycles. The summed E-state index contributed by atoms with van der Waals surface area (Å²) in [5, 5.41) is 15.6. The Morgan fingerprint density at radius 3 is 2.65 bits per heavy atom. The number of thioether (sulfide) groups is 1. The van der Waals surface area contributed by atoms with E-state index >= 15 is 0 Å². The number of hydrogen-bond acceptors (Lipinski definition) is 4. The fourth-order valence-electron chi connectivity index (χ4n) is 2.29. The fourth-order valence-corrected chi connectivity index (χ4v) is 3.39. The van der Waals surface area contributed by atoms with Crippen molar-refractivity contribution in [1.29, 1.82) is 5.41 Å². The van der Waals surface area contributed by atoms with Crippen molar-refractivity contribution in [2.75, 3.05) is 0 Å². The number of benzene rings is 1. The third kappa shape index (κ3) is 3.27. The lowest BCUT2D eigenvalue weighted by Gasteiger charge is -2.20. The molecule has 2 heterocycles. The van der Waals surface area contributed by atoms with Crippen LogP contribution >= 0.6 is 11.8 Å². The molecule has 2 aliphatic rings. The predicted molar refractivity (Wildman–Crippen MR) is 95.6 cm³/mol. The molecule has 6 heteroatoms. The molecule has 0 fully saturated rings. The van der Waals surface area contributed by atoms with Crippen LogP contribution in [-0.2, 0) is 4.79 Å². The SMILES string of the molecule is Cc1ccc(C=C2C(=N)N3N=C(CC(C)C)SC3=NC2=O)cc1. The average molecular weight is 326 g/mol. The van der Waals surface area contributed by atoms with Gasteiger partial charge in [-0.05, 0) is 36.2 Å². The van der Waals surface area contributed by atoms with Gasteiger partial charge in [0.1, 0.15) is 5.04 Å². The third-order valence-corrected chi connectivity index (χ3v) is 4.40. The van der Waals surface area contributed by atoms with Gasteiger partial charge in [-0.3, -0.25) is 10.2 Å². The van der Waals surface area contributed by atoms with Crippen LogP contribution in [-0.4, -0.2) is 27.0 Å². The Kier molecular flexibility index (Phi) is 4.17. The van der Waals surface area contributed by atoms with Gasteiger partial charge in [0.2, 0.25) is 5.17 Å². The zero-order valence-electron chi connectivity index (χ0n) is 13.3. The topological polar surface area (TPSA) is 68.9 Å². The van der Waals surface area contributed by atoms with E-state index < -0.39 is 0 Å². The molecule has 1 amide bonds. The number of amidine groups is 2. The Labute approximate surface area is 139 Å². The lowest BCUT2D eigenvalue weighted by atomic mass is 10.1. The predicted octanol–water partition coefficient (Wildman–Crippen LogP) is 3.66. The van der Waals surface area contributed by atoms with Crippen LogP contribution < -0.4 is 0 Å². The number of aliphatic imine (C=N–C) groups is 1. The number of nitrogens with one attached hydrogen (secondary N) is 1. The minimum atomic E-state index is -0.379. The first-order valence-corrected chi connectivity index (χ1v) is 8.31. The van der Waals surface area contributed by atoms with Gasteiger partial charge in [-0.15, -0.1) is 0 Å². The maximum Gasteiger partial charge on any atom is 0.283 e. The van der Waals surface area contributed by atoms with E-state index in [0.29, 0.717) is 11.1 Å². The lowest BCUT2D eigenvalue weighted by Crippen LogP contribution is -2.35. The minimum Gasteiger partial charge on any atom is -0.282 e. The first kappa shape index (κ1) is 15.7. The van der Waals surface area contributed by atoms with E-state index in [0.717, 1.165) is 22.6 Å². The molecule has 1 aromatic rings. The Morgan fingerprint density at radius 1 is 1.30 bits per heavy atom. The summed E-state index contributed by atoms with van der Waals surface area (Å²) in [5.74, 6) is 0.179. The number of fused-ring (bicyclic) bond motifs is 1. The summed E-state index contributed by atoms with van der Waals surface area (Å²) in [5.41, 5.74) is 2.30. The van der Waals surface area contributed by atoms with E-state index in [1.54, 1.807) is 6.08 Å². The van der Waals surface area contributed by atoms with Crippen LogP contribution in [0.5, 0.6) is 0 Å². The first-order valence-electron chi connectivity index (χ1n) is 7.50. The minimum absolute atomic E-state index is 0.0897. The van der Waals surface area contributed by atoms with E-state index in [4.69, 9.17) is 5.41 Å². The zero-order chi connectivity index (χ0) is 16.6. The van der Waals surface area contributed by atoms with E-state index in [2.05, 4.69) is 23.9 Å². The molecule has 0 atom stereocenters. The third-order valence-electron chi connectivity index (χ3n) is 3.47. The Morgan fingerprint density at radius 2 is 2.00 bits per heavy atom. The summed E-state index contributed by atoms with van der Waals surface area (Å²) in [7, 11) is 0. The molecule has 0 saturated heterocycles. The Balaban J connectivity index is 1.91. The quantitative estimate of drug-likeness (QED) is 0.862. The van der Waals surface area contributed by atoms with Gasteiger partial charge in [-0.25, -0.2) is 0 Å². The van der Waals surface area contributed by atoms with Gasteiger partial charge in [-0.1, -0.05) is 43.7 Å². The van der Waals surface area contributed by atoms with Gasteiger partial charge >= 0.3 is 0 Å². The second kappa shape index (κ2) is 6.12. The molecule has 1 N–H and O–H groups in total. The molecule has 0 bridgehead atoms. The number of hydrazone groups is 1. The molecule has 2 aliphatic heterocycles. The van der Waals surface area contributed by atoms with Crippen molar-refractivity contribution in [3.63, 3.8) is 0 Å². The molecule has 0 saturated carbocycles. The molecular weight excluding hydrogens is 308 g/mol. The van der Waals surface area contributed by atoms with Gasteiger partial charge < -0.3 is 0 Å². The second-order valence-electron chi connectivity index (χ2n) is 6.02. The molecule has 0 aromatic heterocycles. The van der Waals surface area contributed by atoms with Gasteiger partial charge in [0.15, 0.2) is 5.84 Å². The van der Waals surface area contributed by atoms with Crippen molar-refractivity contribution in [2.45, 2.75) is 27.2 Å². The van der Waals surface area contributed by atoms with Crippen LogP contribution in [0.15, 0.2) is 39.9 Å².